The molecule has 0 atom stereocenters. The highest BCUT2D eigenvalue weighted by atomic mass is 16.5. The number of benzene rings is 3. The number of pyridine rings is 1. The Morgan fingerprint density at radius 1 is 0.935 bits per heavy atom. The van der Waals surface area contributed by atoms with E-state index in [0.717, 1.165) is 28.1 Å². The van der Waals surface area contributed by atoms with Gasteiger partial charge in [-0.1, -0.05) is 48.5 Å². The lowest BCUT2D eigenvalue weighted by Gasteiger charge is -2.08. The lowest BCUT2D eigenvalue weighted by molar-refractivity contribution is 0.0945. The van der Waals surface area contributed by atoms with E-state index in [1.165, 1.54) is 10.8 Å². The normalized spacial score (nSPS) is 11.0. The average molecular weight is 407 g/mol. The molecule has 3 aromatic carbocycles. The minimum Gasteiger partial charge on any atom is -0.497 e. The van der Waals surface area contributed by atoms with E-state index in [9.17, 15) is 4.79 Å². The van der Waals surface area contributed by atoms with Crippen LogP contribution in [0, 0.1) is 0 Å². The molecule has 0 saturated carbocycles. The van der Waals surface area contributed by atoms with Crippen molar-refractivity contribution in [3.8, 4) is 16.9 Å². The lowest BCUT2D eigenvalue weighted by atomic mass is 10.0. The maximum Gasteiger partial charge on any atom is 0.270 e. The largest absolute Gasteiger partial charge is 0.497 e. The Morgan fingerprint density at radius 3 is 2.52 bits per heavy atom. The van der Waals surface area contributed by atoms with Gasteiger partial charge in [-0.3, -0.25) is 9.20 Å². The number of nitrogens with one attached hydrogen (secondary N) is 1. The first-order valence-electron chi connectivity index (χ1n) is 10.1. The van der Waals surface area contributed by atoms with E-state index in [-0.39, 0.29) is 5.91 Å². The molecule has 0 unspecified atom stereocenters. The molecular formula is C26H21N3O2. The lowest BCUT2D eigenvalue weighted by Crippen LogP contribution is -2.24. The van der Waals surface area contributed by atoms with Crippen molar-refractivity contribution < 1.29 is 9.53 Å². The van der Waals surface area contributed by atoms with Gasteiger partial charge in [-0.2, -0.15) is 0 Å². The van der Waals surface area contributed by atoms with E-state index >= 15 is 0 Å². The summed E-state index contributed by atoms with van der Waals surface area (Å²) in [4.78, 5) is 17.2. The highest BCUT2D eigenvalue weighted by Gasteiger charge is 2.13. The molecular weight excluding hydrogens is 386 g/mol. The Kier molecular flexibility index (Phi) is 4.84. The predicted molar refractivity (Wildman–Crippen MR) is 122 cm³/mol. The summed E-state index contributed by atoms with van der Waals surface area (Å²) >= 11 is 0. The quantitative estimate of drug-likeness (QED) is 0.441. The van der Waals surface area contributed by atoms with Gasteiger partial charge in [0.15, 0.2) is 0 Å². The van der Waals surface area contributed by atoms with E-state index < -0.39 is 0 Å². The molecule has 1 amide bonds. The topological polar surface area (TPSA) is 55.6 Å². The molecule has 5 aromatic rings. The minimum atomic E-state index is -0.168. The number of methoxy groups -OCH3 is 1. The summed E-state index contributed by atoms with van der Waals surface area (Å²) in [6.45, 7) is 0.431. The van der Waals surface area contributed by atoms with Crippen molar-refractivity contribution >= 4 is 22.3 Å². The molecule has 0 fully saturated rings. The fraction of sp³-hybridized carbons (Fsp3) is 0.0769. The first-order valence-corrected chi connectivity index (χ1v) is 10.1. The van der Waals surface area contributed by atoms with Gasteiger partial charge in [-0.05, 0) is 57.8 Å². The van der Waals surface area contributed by atoms with Crippen molar-refractivity contribution in [1.29, 1.82) is 0 Å². The third kappa shape index (κ3) is 3.73. The minimum absolute atomic E-state index is 0.168. The van der Waals surface area contributed by atoms with Crippen molar-refractivity contribution in [3.05, 3.63) is 103 Å². The van der Waals surface area contributed by atoms with E-state index in [1.807, 2.05) is 59.1 Å². The van der Waals surface area contributed by atoms with Gasteiger partial charge in [0.2, 0.25) is 0 Å². The highest BCUT2D eigenvalue weighted by Crippen LogP contribution is 2.25. The predicted octanol–water partition coefficient (Wildman–Crippen LogP) is 5.09. The molecule has 0 bridgehead atoms. The van der Waals surface area contributed by atoms with Crippen molar-refractivity contribution in [3.63, 3.8) is 0 Å². The van der Waals surface area contributed by atoms with Crippen LogP contribution < -0.4 is 10.1 Å². The molecule has 5 rings (SSSR count). The molecule has 31 heavy (non-hydrogen) atoms. The summed E-state index contributed by atoms with van der Waals surface area (Å²) in [5.74, 6) is 0.622. The molecule has 2 aromatic heterocycles. The van der Waals surface area contributed by atoms with Gasteiger partial charge in [-0.15, -0.1) is 0 Å². The maximum atomic E-state index is 12.8. The zero-order chi connectivity index (χ0) is 21.2. The molecule has 0 saturated heterocycles. The zero-order valence-electron chi connectivity index (χ0n) is 17.1. The van der Waals surface area contributed by atoms with E-state index in [0.29, 0.717) is 12.2 Å². The molecule has 0 aliphatic heterocycles. The Labute approximate surface area is 179 Å². The summed E-state index contributed by atoms with van der Waals surface area (Å²) in [5, 5.41) is 5.36. The summed E-state index contributed by atoms with van der Waals surface area (Å²) in [5.41, 5.74) is 4.37. The number of fused-ring (bicyclic) bond motifs is 2. The fourth-order valence-electron chi connectivity index (χ4n) is 3.70. The van der Waals surface area contributed by atoms with Gasteiger partial charge in [0, 0.05) is 12.7 Å². The van der Waals surface area contributed by atoms with Crippen LogP contribution in [-0.2, 0) is 6.54 Å². The molecule has 0 spiro atoms. The number of nitrogens with zero attached hydrogens (tertiary/aromatic N) is 2. The monoisotopic (exact) mass is 407 g/mol. The molecule has 1 N–H and O–H groups in total. The van der Waals surface area contributed by atoms with Crippen LogP contribution in [-0.4, -0.2) is 22.4 Å². The number of amides is 1. The molecule has 2 heterocycles. The van der Waals surface area contributed by atoms with Gasteiger partial charge < -0.3 is 10.1 Å². The molecule has 0 aliphatic rings. The molecule has 0 aliphatic carbocycles. The first kappa shape index (κ1) is 18.9. The van der Waals surface area contributed by atoms with Gasteiger partial charge in [-0.25, -0.2) is 4.98 Å². The van der Waals surface area contributed by atoms with Crippen LogP contribution in [0.2, 0.25) is 0 Å². The summed E-state index contributed by atoms with van der Waals surface area (Å²) < 4.78 is 7.02. The van der Waals surface area contributed by atoms with Crippen molar-refractivity contribution in [2.75, 3.05) is 7.11 Å². The summed E-state index contributed by atoms with van der Waals surface area (Å²) in [7, 11) is 1.63. The second-order valence-electron chi connectivity index (χ2n) is 7.38. The maximum absolute atomic E-state index is 12.8. The molecule has 5 nitrogen and oxygen atoms in total. The molecule has 5 heteroatoms. The summed E-state index contributed by atoms with van der Waals surface area (Å²) in [6.07, 6.45) is 3.58. The number of hydrogen-bond acceptors (Lipinski definition) is 3. The SMILES string of the molecule is COc1ccc(CNC(=O)c2cnc3ccc(-c4ccc5ccccc5c4)cn23)cc1. The fourth-order valence-corrected chi connectivity index (χ4v) is 3.70. The standard InChI is InChI=1S/C26H21N3O2/c1-31-23-11-6-18(7-12-23)15-28-26(30)24-16-27-25-13-10-22(17-29(24)25)21-9-8-19-4-2-3-5-20(19)14-21/h2-14,16-17H,15H2,1H3,(H,28,30). The number of rotatable bonds is 5. The van der Waals surface area contributed by atoms with Gasteiger partial charge in [0.25, 0.3) is 5.91 Å². The number of aromatic nitrogens is 2. The number of hydrogen-bond donors (Lipinski definition) is 1. The second kappa shape index (κ2) is 7.95. The Morgan fingerprint density at radius 2 is 1.71 bits per heavy atom. The van der Waals surface area contributed by atoms with Crippen LogP contribution in [0.5, 0.6) is 5.75 Å². The number of imidazole rings is 1. The van der Waals surface area contributed by atoms with Crippen LogP contribution >= 0.6 is 0 Å². The van der Waals surface area contributed by atoms with Crippen LogP contribution in [0.1, 0.15) is 16.1 Å². The van der Waals surface area contributed by atoms with Crippen molar-refractivity contribution in [1.82, 2.24) is 14.7 Å². The van der Waals surface area contributed by atoms with Crippen LogP contribution in [0.15, 0.2) is 91.3 Å². The number of ether oxygens (including phenoxy) is 1. The second-order valence-corrected chi connectivity index (χ2v) is 7.38. The van der Waals surface area contributed by atoms with Crippen LogP contribution in [0.25, 0.3) is 27.5 Å². The van der Waals surface area contributed by atoms with Gasteiger partial charge >= 0.3 is 0 Å². The van der Waals surface area contributed by atoms with Gasteiger partial charge in [0.05, 0.1) is 13.3 Å². The van der Waals surface area contributed by atoms with E-state index in [2.05, 4.69) is 40.6 Å². The zero-order valence-corrected chi connectivity index (χ0v) is 17.1. The molecule has 152 valence electrons. The van der Waals surface area contributed by atoms with Crippen LogP contribution in [0.4, 0.5) is 0 Å². The third-order valence-corrected chi connectivity index (χ3v) is 5.43. The Bertz CT molecular complexity index is 1390. The average Bonchev–Trinajstić information content (AvgIpc) is 3.26. The molecule has 0 radical (unpaired) electrons. The highest BCUT2D eigenvalue weighted by molar-refractivity contribution is 5.93. The Hall–Kier alpha value is -4.12. The third-order valence-electron chi connectivity index (χ3n) is 5.43. The van der Waals surface area contributed by atoms with Crippen LogP contribution in [0.3, 0.4) is 0 Å². The van der Waals surface area contributed by atoms with Crippen molar-refractivity contribution in [2.45, 2.75) is 6.54 Å². The number of carbonyl (C=O) groups excluding carboxylic acids is 1. The first-order chi connectivity index (χ1) is 15.2. The number of carbonyl (C=O) groups is 1. The van der Waals surface area contributed by atoms with E-state index in [1.54, 1.807) is 13.3 Å². The van der Waals surface area contributed by atoms with Gasteiger partial charge in [0.1, 0.15) is 17.1 Å². The van der Waals surface area contributed by atoms with Crippen molar-refractivity contribution in [2.24, 2.45) is 0 Å². The summed E-state index contributed by atoms with van der Waals surface area (Å²) in [6, 6.07) is 26.3. The van der Waals surface area contributed by atoms with E-state index in [4.69, 9.17) is 4.74 Å². The smallest absolute Gasteiger partial charge is 0.270 e. The Balaban J connectivity index is 1.41.